The molecule has 0 bridgehead atoms. The Morgan fingerprint density at radius 2 is 1.90 bits per heavy atom. The lowest BCUT2D eigenvalue weighted by atomic mass is 10.1. The van der Waals surface area contributed by atoms with Crippen LogP contribution in [0, 0.1) is 5.92 Å². The Hall–Kier alpha value is -3.38. The van der Waals surface area contributed by atoms with Gasteiger partial charge in [-0.25, -0.2) is 0 Å². The van der Waals surface area contributed by atoms with Gasteiger partial charge in [0.15, 0.2) is 0 Å². The molecule has 4 rings (SSSR count). The van der Waals surface area contributed by atoms with E-state index in [0.717, 1.165) is 11.3 Å². The number of pyridine rings is 1. The summed E-state index contributed by atoms with van der Waals surface area (Å²) < 4.78 is 0. The van der Waals surface area contributed by atoms with E-state index in [4.69, 9.17) is 11.6 Å². The molecule has 152 valence electrons. The number of rotatable bonds is 5. The van der Waals surface area contributed by atoms with Crippen LogP contribution in [0.2, 0.25) is 5.02 Å². The van der Waals surface area contributed by atoms with E-state index in [2.05, 4.69) is 10.3 Å². The minimum Gasteiger partial charge on any atom is -0.352 e. The van der Waals surface area contributed by atoms with Crippen molar-refractivity contribution in [2.45, 2.75) is 6.42 Å². The third-order valence-electron chi connectivity index (χ3n) is 5.15. The van der Waals surface area contributed by atoms with Crippen molar-refractivity contribution in [3.8, 4) is 11.1 Å². The lowest BCUT2D eigenvalue weighted by molar-refractivity contribution is -0.117. The Labute approximate surface area is 178 Å². The molecule has 1 aromatic heterocycles. The molecule has 30 heavy (non-hydrogen) atoms. The predicted molar refractivity (Wildman–Crippen MR) is 117 cm³/mol. The largest absolute Gasteiger partial charge is 0.352 e. The molecule has 0 spiro atoms. The second kappa shape index (κ2) is 8.55. The quantitative estimate of drug-likeness (QED) is 0.661. The smallest absolute Gasteiger partial charge is 0.255 e. The van der Waals surface area contributed by atoms with E-state index < -0.39 is 0 Å². The summed E-state index contributed by atoms with van der Waals surface area (Å²) in [7, 11) is 0. The normalized spacial score (nSPS) is 16.0. The van der Waals surface area contributed by atoms with Crippen LogP contribution < -0.4 is 15.8 Å². The molecular formula is C23H20ClN3O3. The third-order valence-corrected chi connectivity index (χ3v) is 5.39. The molecule has 1 unspecified atom stereocenters. The number of amides is 2. The average molecular weight is 422 g/mol. The first kappa shape index (κ1) is 19.9. The Morgan fingerprint density at radius 1 is 1.10 bits per heavy atom. The highest BCUT2D eigenvalue weighted by Crippen LogP contribution is 2.27. The van der Waals surface area contributed by atoms with Crippen molar-refractivity contribution in [1.29, 1.82) is 0 Å². The highest BCUT2D eigenvalue weighted by Gasteiger charge is 2.30. The number of carbonyl (C=O) groups is 2. The summed E-state index contributed by atoms with van der Waals surface area (Å²) in [5.41, 5.74) is 2.49. The van der Waals surface area contributed by atoms with Crippen molar-refractivity contribution in [2.24, 2.45) is 5.92 Å². The second-order valence-corrected chi connectivity index (χ2v) is 7.69. The number of anilines is 1. The number of H-pyrrole nitrogens is 1. The molecule has 1 fully saturated rings. The van der Waals surface area contributed by atoms with Gasteiger partial charge in [-0.1, -0.05) is 29.8 Å². The summed E-state index contributed by atoms with van der Waals surface area (Å²) in [6.45, 7) is 0.936. The molecule has 2 N–H and O–H groups in total. The molecule has 1 saturated heterocycles. The van der Waals surface area contributed by atoms with Gasteiger partial charge in [0, 0.05) is 53.5 Å². The Kier molecular flexibility index (Phi) is 5.68. The summed E-state index contributed by atoms with van der Waals surface area (Å²) in [6.07, 6.45) is 1.96. The zero-order valence-corrected chi connectivity index (χ0v) is 16.9. The maximum Gasteiger partial charge on any atom is 0.255 e. The van der Waals surface area contributed by atoms with E-state index >= 15 is 0 Å². The van der Waals surface area contributed by atoms with Gasteiger partial charge in [0.25, 0.3) is 11.5 Å². The molecule has 1 atom stereocenters. The van der Waals surface area contributed by atoms with Crippen LogP contribution in [0.4, 0.5) is 5.69 Å². The fourth-order valence-electron chi connectivity index (χ4n) is 3.61. The number of benzene rings is 2. The van der Waals surface area contributed by atoms with Crippen LogP contribution in [-0.2, 0) is 4.79 Å². The fraction of sp³-hybridized carbons (Fsp3) is 0.174. The highest BCUT2D eigenvalue weighted by molar-refractivity contribution is 6.30. The molecule has 2 aromatic carbocycles. The Morgan fingerprint density at radius 3 is 2.63 bits per heavy atom. The molecule has 0 saturated carbocycles. The first-order valence-corrected chi connectivity index (χ1v) is 10.0. The first-order chi connectivity index (χ1) is 14.5. The minimum atomic E-state index is -0.208. The van der Waals surface area contributed by atoms with Crippen molar-refractivity contribution in [3.63, 3.8) is 0 Å². The lowest BCUT2D eigenvalue weighted by Gasteiger charge is -2.17. The lowest BCUT2D eigenvalue weighted by Crippen LogP contribution is -2.31. The molecule has 0 radical (unpaired) electrons. The highest BCUT2D eigenvalue weighted by atomic mass is 35.5. The number of nitrogens with one attached hydrogen (secondary N) is 2. The van der Waals surface area contributed by atoms with Crippen molar-refractivity contribution in [1.82, 2.24) is 10.3 Å². The molecule has 6 nitrogen and oxygen atoms in total. The van der Waals surface area contributed by atoms with Crippen molar-refractivity contribution >= 4 is 29.1 Å². The van der Waals surface area contributed by atoms with E-state index in [9.17, 15) is 14.4 Å². The zero-order valence-electron chi connectivity index (χ0n) is 16.1. The molecule has 3 aromatic rings. The SMILES string of the molecule is O=C(NCC1CC(=O)N(c2ccc(-c3ccc[nH]c3=O)cc2)C1)c1cccc(Cl)c1. The van der Waals surface area contributed by atoms with Crippen molar-refractivity contribution in [2.75, 3.05) is 18.0 Å². The maximum absolute atomic E-state index is 12.5. The number of nitrogens with zero attached hydrogens (tertiary/aromatic N) is 1. The standard InChI is InChI=1S/C23H20ClN3O3/c24-18-4-1-3-17(12-18)22(29)26-13-15-11-21(28)27(14-15)19-8-6-16(7-9-19)20-5-2-10-25-23(20)30/h1-10,12,15H,11,13-14H2,(H,25,30)(H,26,29). The van der Waals surface area contributed by atoms with Crippen LogP contribution in [0.25, 0.3) is 11.1 Å². The Bertz CT molecular complexity index is 1140. The summed E-state index contributed by atoms with van der Waals surface area (Å²) in [5, 5.41) is 3.39. The monoisotopic (exact) mass is 421 g/mol. The van der Waals surface area contributed by atoms with Crippen LogP contribution in [0.15, 0.2) is 71.7 Å². The van der Waals surface area contributed by atoms with Gasteiger partial charge in [0.05, 0.1) is 0 Å². The van der Waals surface area contributed by atoms with Gasteiger partial charge < -0.3 is 15.2 Å². The summed E-state index contributed by atoms with van der Waals surface area (Å²) >= 11 is 5.93. The van der Waals surface area contributed by atoms with Gasteiger partial charge in [-0.3, -0.25) is 14.4 Å². The first-order valence-electron chi connectivity index (χ1n) is 9.63. The number of aromatic amines is 1. The van der Waals surface area contributed by atoms with Gasteiger partial charge in [-0.2, -0.15) is 0 Å². The molecule has 2 heterocycles. The predicted octanol–water partition coefficient (Wildman–Crippen LogP) is 3.48. The molecule has 0 aliphatic carbocycles. The van der Waals surface area contributed by atoms with Crippen LogP contribution in [0.1, 0.15) is 16.8 Å². The van der Waals surface area contributed by atoms with Gasteiger partial charge in [-0.15, -0.1) is 0 Å². The zero-order chi connectivity index (χ0) is 21.1. The molecule has 2 amide bonds. The van der Waals surface area contributed by atoms with Gasteiger partial charge in [0.1, 0.15) is 0 Å². The van der Waals surface area contributed by atoms with E-state index in [1.165, 1.54) is 0 Å². The number of hydrogen-bond donors (Lipinski definition) is 2. The van der Waals surface area contributed by atoms with Gasteiger partial charge in [0.2, 0.25) is 5.91 Å². The Balaban J connectivity index is 1.39. The average Bonchev–Trinajstić information content (AvgIpc) is 3.13. The molecule has 1 aliphatic rings. The van der Waals surface area contributed by atoms with Crippen LogP contribution >= 0.6 is 11.6 Å². The van der Waals surface area contributed by atoms with Gasteiger partial charge >= 0.3 is 0 Å². The molecule has 7 heteroatoms. The van der Waals surface area contributed by atoms with Crippen molar-refractivity contribution in [3.05, 3.63) is 87.8 Å². The summed E-state index contributed by atoms with van der Waals surface area (Å²) in [6, 6.07) is 17.6. The fourth-order valence-corrected chi connectivity index (χ4v) is 3.80. The third kappa shape index (κ3) is 4.28. The molecule has 1 aliphatic heterocycles. The van der Waals surface area contributed by atoms with E-state index in [-0.39, 0.29) is 23.3 Å². The second-order valence-electron chi connectivity index (χ2n) is 7.25. The number of hydrogen-bond acceptors (Lipinski definition) is 3. The topological polar surface area (TPSA) is 82.3 Å². The van der Waals surface area contributed by atoms with E-state index in [0.29, 0.717) is 35.7 Å². The van der Waals surface area contributed by atoms with Crippen LogP contribution in [-0.4, -0.2) is 29.9 Å². The van der Waals surface area contributed by atoms with Crippen LogP contribution in [0.3, 0.4) is 0 Å². The number of carbonyl (C=O) groups excluding carboxylic acids is 2. The summed E-state index contributed by atoms with van der Waals surface area (Å²) in [4.78, 5) is 41.1. The molecular weight excluding hydrogens is 402 g/mol. The van der Waals surface area contributed by atoms with E-state index in [1.807, 2.05) is 24.3 Å². The number of halogens is 1. The summed E-state index contributed by atoms with van der Waals surface area (Å²) in [5.74, 6) is -0.166. The van der Waals surface area contributed by atoms with Crippen molar-refractivity contribution < 1.29 is 9.59 Å². The van der Waals surface area contributed by atoms with Gasteiger partial charge in [-0.05, 0) is 48.0 Å². The number of aromatic nitrogens is 1. The van der Waals surface area contributed by atoms with E-state index in [1.54, 1.807) is 47.5 Å². The van der Waals surface area contributed by atoms with Crippen LogP contribution in [0.5, 0.6) is 0 Å². The minimum absolute atomic E-state index is 0.0160. The maximum atomic E-state index is 12.5.